The minimum Gasteiger partial charge on any atom is -0.465 e. The van der Waals surface area contributed by atoms with Crippen molar-refractivity contribution in [1.82, 2.24) is 19.6 Å². The molecule has 40 heavy (non-hydrogen) atoms. The molecular weight excluding hydrogens is 516 g/mol. The average molecular weight is 547 g/mol. The Kier molecular flexibility index (Phi) is 7.41. The van der Waals surface area contributed by atoms with Crippen molar-refractivity contribution in [2.75, 3.05) is 23.7 Å². The molecule has 0 bridgehead atoms. The van der Waals surface area contributed by atoms with Gasteiger partial charge in [-0.25, -0.2) is 9.59 Å². The van der Waals surface area contributed by atoms with Crippen molar-refractivity contribution < 1.29 is 29.4 Å². The predicted octanol–water partition coefficient (Wildman–Crippen LogP) is 3.92. The van der Waals surface area contributed by atoms with Crippen LogP contribution in [0.3, 0.4) is 0 Å². The highest BCUT2D eigenvalue weighted by Gasteiger charge is 2.35. The summed E-state index contributed by atoms with van der Waals surface area (Å²) in [5, 5.41) is 28.8. The Morgan fingerprint density at radius 2 is 1.20 bits per heavy atom. The van der Waals surface area contributed by atoms with E-state index in [0.717, 1.165) is 22.5 Å². The molecule has 3 aromatic rings. The number of amides is 4. The van der Waals surface area contributed by atoms with E-state index >= 15 is 0 Å². The van der Waals surface area contributed by atoms with Gasteiger partial charge in [-0.1, -0.05) is 24.3 Å². The maximum atomic E-state index is 12.6. The number of nitrogens with zero attached hydrogens (tertiary/aromatic N) is 4. The maximum Gasteiger partial charge on any atom is 0.407 e. The number of carbonyl (C=O) groups excluding carboxylic acids is 2. The van der Waals surface area contributed by atoms with Gasteiger partial charge in [-0.15, -0.1) is 0 Å². The third kappa shape index (κ3) is 5.46. The summed E-state index contributed by atoms with van der Waals surface area (Å²) in [6.45, 7) is 0.719. The number of aryl methyl sites for hydroxylation is 1. The lowest BCUT2D eigenvalue weighted by Crippen LogP contribution is -2.42. The fourth-order valence-electron chi connectivity index (χ4n) is 5.31. The summed E-state index contributed by atoms with van der Waals surface area (Å²) in [4.78, 5) is 50.2. The molecule has 2 fully saturated rings. The zero-order valence-corrected chi connectivity index (χ0v) is 21.9. The Hall–Kier alpha value is -4.87. The van der Waals surface area contributed by atoms with Crippen LogP contribution in [0.5, 0.6) is 0 Å². The molecule has 2 aromatic carbocycles. The third-order valence-electron chi connectivity index (χ3n) is 7.38. The van der Waals surface area contributed by atoms with Gasteiger partial charge >= 0.3 is 12.2 Å². The van der Waals surface area contributed by atoms with Crippen LogP contribution in [0.15, 0.2) is 54.6 Å². The molecule has 4 N–H and O–H groups in total. The van der Waals surface area contributed by atoms with Crippen LogP contribution in [-0.4, -0.2) is 79.0 Å². The fraction of sp³-hybridized carbons (Fsp3) is 0.321. The summed E-state index contributed by atoms with van der Waals surface area (Å²) >= 11 is 0. The molecule has 4 amide bonds. The van der Waals surface area contributed by atoms with Gasteiger partial charge < -0.3 is 20.8 Å². The van der Waals surface area contributed by atoms with Gasteiger partial charge in [-0.3, -0.25) is 24.1 Å². The number of hydrogen-bond acceptors (Lipinski definition) is 5. The van der Waals surface area contributed by atoms with E-state index in [1.807, 2.05) is 37.4 Å². The molecule has 12 heteroatoms. The van der Waals surface area contributed by atoms with Crippen molar-refractivity contribution in [2.24, 2.45) is 7.05 Å². The Labute approximate surface area is 230 Å². The number of nitrogens with one attached hydrogen (secondary N) is 2. The van der Waals surface area contributed by atoms with Gasteiger partial charge in [-0.2, -0.15) is 5.10 Å². The van der Waals surface area contributed by atoms with Crippen LogP contribution in [0.1, 0.15) is 25.7 Å². The Morgan fingerprint density at radius 3 is 1.65 bits per heavy atom. The summed E-state index contributed by atoms with van der Waals surface area (Å²) in [7, 11) is 1.83. The zero-order valence-electron chi connectivity index (χ0n) is 21.9. The first-order chi connectivity index (χ1) is 19.2. The van der Waals surface area contributed by atoms with E-state index in [9.17, 15) is 29.4 Å². The van der Waals surface area contributed by atoms with E-state index in [2.05, 4.69) is 15.7 Å². The molecular formula is C28H30N6O6. The van der Waals surface area contributed by atoms with Gasteiger partial charge in [0, 0.05) is 37.1 Å². The summed E-state index contributed by atoms with van der Waals surface area (Å²) < 4.78 is 1.75. The summed E-state index contributed by atoms with van der Waals surface area (Å²) in [6, 6.07) is 15.0. The van der Waals surface area contributed by atoms with E-state index in [1.54, 1.807) is 28.9 Å². The topological polar surface area (TPSA) is 157 Å². The molecule has 2 atom stereocenters. The van der Waals surface area contributed by atoms with Crippen molar-refractivity contribution in [3.8, 4) is 22.5 Å². The number of likely N-dealkylation sites (tertiary alicyclic amines) is 2. The number of carboxylic acid groups (broad SMARTS) is 2. The molecule has 0 saturated carbocycles. The van der Waals surface area contributed by atoms with Gasteiger partial charge in [0.25, 0.3) is 0 Å². The van der Waals surface area contributed by atoms with Crippen LogP contribution in [-0.2, 0) is 16.6 Å². The molecule has 0 spiro atoms. The second-order valence-electron chi connectivity index (χ2n) is 9.94. The third-order valence-corrected chi connectivity index (χ3v) is 7.38. The smallest absolute Gasteiger partial charge is 0.407 e. The van der Waals surface area contributed by atoms with Gasteiger partial charge in [0.15, 0.2) is 0 Å². The highest BCUT2D eigenvalue weighted by atomic mass is 16.4. The van der Waals surface area contributed by atoms with Crippen LogP contribution in [0.4, 0.5) is 21.0 Å². The average Bonchev–Trinajstić information content (AvgIpc) is 3.69. The maximum absolute atomic E-state index is 12.6. The number of benzene rings is 2. The number of rotatable bonds is 6. The minimum atomic E-state index is -1.09. The van der Waals surface area contributed by atoms with Gasteiger partial charge in [0.1, 0.15) is 12.1 Å². The fourth-order valence-corrected chi connectivity index (χ4v) is 5.31. The first-order valence-corrected chi connectivity index (χ1v) is 13.1. The molecule has 1 aromatic heterocycles. The van der Waals surface area contributed by atoms with Crippen molar-refractivity contribution >= 4 is 35.4 Å². The summed E-state index contributed by atoms with van der Waals surface area (Å²) in [5.41, 5.74) is 4.47. The molecule has 2 saturated heterocycles. The molecule has 0 aliphatic carbocycles. The van der Waals surface area contributed by atoms with Gasteiger partial charge in [0.2, 0.25) is 11.8 Å². The Balaban J connectivity index is 1.23. The minimum absolute atomic E-state index is 0.336. The van der Waals surface area contributed by atoms with Crippen LogP contribution in [0, 0.1) is 0 Å². The van der Waals surface area contributed by atoms with Crippen molar-refractivity contribution in [3.05, 3.63) is 54.6 Å². The second kappa shape index (κ2) is 11.1. The SMILES string of the molecule is Cn1nc(-c2ccc(NC(=O)[C@@H]3CCCN3C(=O)O)cc2)cc1-c1ccc(NC(=O)[C@@H]2CCCN2C(=O)O)cc1. The van der Waals surface area contributed by atoms with Crippen molar-refractivity contribution in [2.45, 2.75) is 37.8 Å². The number of carbonyl (C=O) groups is 4. The largest absolute Gasteiger partial charge is 0.465 e. The Bertz CT molecular complexity index is 1430. The first kappa shape index (κ1) is 26.7. The van der Waals surface area contributed by atoms with Crippen molar-refractivity contribution in [3.63, 3.8) is 0 Å². The molecule has 3 heterocycles. The van der Waals surface area contributed by atoms with Crippen LogP contribution in [0.2, 0.25) is 0 Å². The predicted molar refractivity (Wildman–Crippen MR) is 147 cm³/mol. The Morgan fingerprint density at radius 1 is 0.750 bits per heavy atom. The van der Waals surface area contributed by atoms with Gasteiger partial charge in [-0.05, 0) is 61.6 Å². The molecule has 0 radical (unpaired) electrons. The normalized spacial score (nSPS) is 18.5. The standard InChI is InChI=1S/C28H30N6O6/c1-32-24(18-8-12-20(13-9-18)30-26(36)23-5-3-15-34(23)28(39)40)16-21(31-32)17-6-10-19(11-7-17)29-25(35)22-4-2-14-33(22)27(37)38/h6-13,16,22-23H,2-5,14-15H2,1H3,(H,29,35)(H,30,36)(H,37,38)(H,39,40)/t22-,23-/m0/s1. The number of hydrogen-bond donors (Lipinski definition) is 4. The van der Waals surface area contributed by atoms with E-state index in [-0.39, 0.29) is 11.8 Å². The summed E-state index contributed by atoms with van der Waals surface area (Å²) in [5.74, 6) is -0.674. The van der Waals surface area contributed by atoms with Crippen LogP contribution < -0.4 is 10.6 Å². The zero-order chi connectivity index (χ0) is 28.4. The summed E-state index contributed by atoms with van der Waals surface area (Å²) in [6.07, 6.45) is 0.157. The lowest BCUT2D eigenvalue weighted by Gasteiger charge is -2.20. The van der Waals surface area contributed by atoms with E-state index in [0.29, 0.717) is 50.1 Å². The molecule has 12 nitrogen and oxygen atoms in total. The number of aromatic nitrogens is 2. The quantitative estimate of drug-likeness (QED) is 0.365. The molecule has 2 aliphatic rings. The van der Waals surface area contributed by atoms with Crippen LogP contribution in [0.25, 0.3) is 22.5 Å². The lowest BCUT2D eigenvalue weighted by molar-refractivity contribution is -0.120. The molecule has 5 rings (SSSR count). The van der Waals surface area contributed by atoms with Crippen molar-refractivity contribution in [1.29, 1.82) is 0 Å². The molecule has 2 aliphatic heterocycles. The first-order valence-electron chi connectivity index (χ1n) is 13.1. The van der Waals surface area contributed by atoms with E-state index < -0.39 is 24.3 Å². The second-order valence-corrected chi connectivity index (χ2v) is 9.94. The number of anilines is 2. The molecule has 0 unspecified atom stereocenters. The lowest BCUT2D eigenvalue weighted by atomic mass is 10.1. The van der Waals surface area contributed by atoms with E-state index in [1.165, 1.54) is 9.80 Å². The van der Waals surface area contributed by atoms with Gasteiger partial charge in [0.05, 0.1) is 11.4 Å². The highest BCUT2D eigenvalue weighted by Crippen LogP contribution is 2.28. The monoisotopic (exact) mass is 546 g/mol. The van der Waals surface area contributed by atoms with Crippen LogP contribution >= 0.6 is 0 Å². The molecule has 208 valence electrons. The highest BCUT2D eigenvalue weighted by molar-refractivity contribution is 5.97. The van der Waals surface area contributed by atoms with E-state index in [4.69, 9.17) is 0 Å².